The molecule has 0 N–H and O–H groups in total. The molecule has 5 heteroatoms. The first-order valence-electron chi connectivity index (χ1n) is 5.04. The summed E-state index contributed by atoms with van der Waals surface area (Å²) in [7, 11) is -3.57. The Hall–Kier alpha value is -0.680. The summed E-state index contributed by atoms with van der Waals surface area (Å²) in [5.41, 5.74) is 1.71. The van der Waals surface area contributed by atoms with Crippen molar-refractivity contribution in [3.8, 4) is 0 Å². The van der Waals surface area contributed by atoms with Crippen LogP contribution in [0, 0.1) is 0 Å². The summed E-state index contributed by atoms with van der Waals surface area (Å²) in [5.74, 6) is -0.507. The maximum Gasteiger partial charge on any atom is 0.264 e. The molecule has 16 heavy (non-hydrogen) atoms. The first-order chi connectivity index (χ1) is 7.22. The van der Waals surface area contributed by atoms with Crippen LogP contribution in [0.5, 0.6) is 0 Å². The minimum absolute atomic E-state index is 0.501. The van der Waals surface area contributed by atoms with E-state index in [0.717, 1.165) is 12.7 Å². The fourth-order valence-corrected chi connectivity index (χ4v) is 1.31. The van der Waals surface area contributed by atoms with Gasteiger partial charge in [-0.15, -0.1) is 0 Å². The monoisotopic (exact) mass is 250 g/mol. The predicted octanol–water partition coefficient (Wildman–Crippen LogP) is 2.95. The van der Waals surface area contributed by atoms with E-state index in [4.69, 9.17) is 0 Å². The number of rotatable bonds is 6. The van der Waals surface area contributed by atoms with Gasteiger partial charge in [0, 0.05) is 0 Å². The molecule has 0 aromatic rings. The van der Waals surface area contributed by atoms with Crippen LogP contribution in [0.25, 0.3) is 0 Å². The van der Waals surface area contributed by atoms with Crippen molar-refractivity contribution in [2.75, 3.05) is 12.9 Å². The van der Waals surface area contributed by atoms with Crippen molar-refractivity contribution in [3.63, 3.8) is 0 Å². The van der Waals surface area contributed by atoms with Crippen LogP contribution >= 0.6 is 0 Å². The van der Waals surface area contributed by atoms with E-state index in [1.807, 2.05) is 19.9 Å². The first-order valence-corrected chi connectivity index (χ1v) is 6.86. The largest absolute Gasteiger partial charge is 0.264 e. The van der Waals surface area contributed by atoms with E-state index in [2.05, 4.69) is 4.18 Å². The maximum absolute atomic E-state index is 13.3. The fourth-order valence-electron chi connectivity index (χ4n) is 0.995. The van der Waals surface area contributed by atoms with Crippen molar-refractivity contribution in [2.24, 2.45) is 0 Å². The zero-order chi connectivity index (χ0) is 12.8. The Morgan fingerprint density at radius 1 is 1.31 bits per heavy atom. The number of hydrogen-bond acceptors (Lipinski definition) is 3. The van der Waals surface area contributed by atoms with Crippen LogP contribution in [0.2, 0.25) is 0 Å². The summed E-state index contributed by atoms with van der Waals surface area (Å²) >= 11 is 0. The van der Waals surface area contributed by atoms with Gasteiger partial charge in [-0.05, 0) is 39.2 Å². The molecule has 0 aromatic heterocycles. The smallest absolute Gasteiger partial charge is 0.263 e. The van der Waals surface area contributed by atoms with Gasteiger partial charge in [0.15, 0.2) is 0 Å². The van der Waals surface area contributed by atoms with Gasteiger partial charge in [0.25, 0.3) is 10.1 Å². The minimum Gasteiger partial charge on any atom is -0.263 e. The molecule has 0 saturated carbocycles. The number of allylic oxidation sites excluding steroid dienone is 3. The van der Waals surface area contributed by atoms with Crippen molar-refractivity contribution in [1.29, 1.82) is 0 Å². The second-order valence-electron chi connectivity index (χ2n) is 3.97. The molecule has 0 amide bonds. The second kappa shape index (κ2) is 6.81. The van der Waals surface area contributed by atoms with Crippen molar-refractivity contribution in [1.82, 2.24) is 0 Å². The van der Waals surface area contributed by atoms with Gasteiger partial charge >= 0.3 is 0 Å². The highest BCUT2D eigenvalue weighted by atomic mass is 32.2. The number of hydrogen-bond donors (Lipinski definition) is 0. The van der Waals surface area contributed by atoms with E-state index in [0.29, 0.717) is 12.0 Å². The molecule has 0 aliphatic carbocycles. The molecule has 0 radical (unpaired) electrons. The summed E-state index contributed by atoms with van der Waals surface area (Å²) in [6.07, 6.45) is 4.23. The fraction of sp³-hybridized carbons (Fsp3) is 0.636. The topological polar surface area (TPSA) is 43.4 Å². The highest BCUT2D eigenvalue weighted by Gasteiger charge is 2.06. The molecule has 0 unspecified atom stereocenters. The van der Waals surface area contributed by atoms with Crippen LogP contribution in [-0.2, 0) is 14.3 Å². The van der Waals surface area contributed by atoms with Crippen LogP contribution in [0.15, 0.2) is 23.0 Å². The molecule has 0 rings (SSSR count). The molecular formula is C11H19FO3S. The van der Waals surface area contributed by atoms with Crippen LogP contribution in [0.3, 0.4) is 0 Å². The van der Waals surface area contributed by atoms with E-state index < -0.39 is 22.6 Å². The summed E-state index contributed by atoms with van der Waals surface area (Å²) in [5, 5.41) is 0. The molecule has 94 valence electrons. The lowest BCUT2D eigenvalue weighted by molar-refractivity contribution is 0.319. The van der Waals surface area contributed by atoms with Crippen LogP contribution in [0.4, 0.5) is 4.39 Å². The van der Waals surface area contributed by atoms with Gasteiger partial charge in [-0.2, -0.15) is 8.42 Å². The Balaban J connectivity index is 4.21. The Labute approximate surface area is 97.1 Å². The number of halogens is 1. The van der Waals surface area contributed by atoms with Crippen molar-refractivity contribution in [2.45, 2.75) is 33.6 Å². The van der Waals surface area contributed by atoms with E-state index in [1.54, 1.807) is 6.92 Å². The van der Waals surface area contributed by atoms with Gasteiger partial charge < -0.3 is 0 Å². The third-order valence-electron chi connectivity index (χ3n) is 1.93. The summed E-state index contributed by atoms with van der Waals surface area (Å²) in [6, 6.07) is 0. The molecule has 0 spiro atoms. The van der Waals surface area contributed by atoms with Gasteiger partial charge in [0.1, 0.15) is 12.4 Å². The minimum atomic E-state index is -3.57. The Bertz CT molecular complexity index is 376. The normalized spacial score (nSPS) is 13.3. The molecule has 0 aliphatic heterocycles. The van der Waals surface area contributed by atoms with Gasteiger partial charge in [-0.25, -0.2) is 4.39 Å². The second-order valence-corrected chi connectivity index (χ2v) is 5.62. The Morgan fingerprint density at radius 3 is 2.31 bits per heavy atom. The molecule has 0 fully saturated rings. The zero-order valence-electron chi connectivity index (χ0n) is 10.2. The van der Waals surface area contributed by atoms with Gasteiger partial charge in [-0.1, -0.05) is 11.6 Å². The molecule has 0 heterocycles. The first kappa shape index (κ1) is 15.3. The van der Waals surface area contributed by atoms with Gasteiger partial charge in [0.05, 0.1) is 6.26 Å². The third-order valence-corrected chi connectivity index (χ3v) is 2.48. The van der Waals surface area contributed by atoms with Crippen LogP contribution in [0.1, 0.15) is 33.6 Å². The van der Waals surface area contributed by atoms with Crippen molar-refractivity contribution in [3.05, 3.63) is 23.0 Å². The molecule has 0 aromatic carbocycles. The van der Waals surface area contributed by atoms with Crippen LogP contribution < -0.4 is 0 Å². The van der Waals surface area contributed by atoms with Crippen LogP contribution in [-0.4, -0.2) is 21.3 Å². The summed E-state index contributed by atoms with van der Waals surface area (Å²) < 4.78 is 39.0. The quantitative estimate of drug-likeness (QED) is 0.537. The summed E-state index contributed by atoms with van der Waals surface area (Å²) in [6.45, 7) is 5.09. The van der Waals surface area contributed by atoms with Gasteiger partial charge in [0.2, 0.25) is 0 Å². The summed E-state index contributed by atoms with van der Waals surface area (Å²) in [4.78, 5) is 0. The predicted molar refractivity (Wildman–Crippen MR) is 63.3 cm³/mol. The SMILES string of the molecule is CC(C)=CCC/C(C)=C(\F)COS(C)(=O)=O. The molecule has 3 nitrogen and oxygen atoms in total. The Kier molecular flexibility index (Phi) is 6.52. The molecule has 0 saturated heterocycles. The molecule has 0 aliphatic rings. The maximum atomic E-state index is 13.3. The molecular weight excluding hydrogens is 231 g/mol. The van der Waals surface area contributed by atoms with E-state index in [1.165, 1.54) is 5.57 Å². The highest BCUT2D eigenvalue weighted by Crippen LogP contribution is 2.14. The van der Waals surface area contributed by atoms with E-state index in [9.17, 15) is 12.8 Å². The van der Waals surface area contributed by atoms with E-state index in [-0.39, 0.29) is 0 Å². The standard InChI is InChI=1S/C11H19FO3S/c1-9(2)6-5-7-10(3)11(12)8-15-16(4,13)14/h6H,5,7-8H2,1-4H3/b11-10-. The van der Waals surface area contributed by atoms with Crippen molar-refractivity contribution >= 4 is 10.1 Å². The lowest BCUT2D eigenvalue weighted by atomic mass is 10.1. The lowest BCUT2D eigenvalue weighted by Crippen LogP contribution is -2.05. The van der Waals surface area contributed by atoms with Gasteiger partial charge in [-0.3, -0.25) is 4.18 Å². The van der Waals surface area contributed by atoms with E-state index >= 15 is 0 Å². The Morgan fingerprint density at radius 2 is 1.88 bits per heavy atom. The molecule has 0 atom stereocenters. The molecule has 0 bridgehead atoms. The lowest BCUT2D eigenvalue weighted by Gasteiger charge is -2.03. The average molecular weight is 250 g/mol. The van der Waals surface area contributed by atoms with Crippen molar-refractivity contribution < 1.29 is 17.0 Å². The zero-order valence-corrected chi connectivity index (χ0v) is 11.0. The third kappa shape index (κ3) is 8.61. The average Bonchev–Trinajstić information content (AvgIpc) is 2.12. The highest BCUT2D eigenvalue weighted by molar-refractivity contribution is 7.85.